The van der Waals surface area contributed by atoms with Crippen LogP contribution >= 0.6 is 11.3 Å². The Kier molecular flexibility index (Phi) is 8.06. The van der Waals surface area contributed by atoms with E-state index in [0.29, 0.717) is 37.2 Å². The highest BCUT2D eigenvalue weighted by Crippen LogP contribution is 2.47. The van der Waals surface area contributed by atoms with E-state index in [-0.39, 0.29) is 31.6 Å². The molecule has 0 unspecified atom stereocenters. The number of amides is 2. The highest BCUT2D eigenvalue weighted by atomic mass is 32.1. The standard InChI is InChI=1S/C27H33NO6S/c1-3-17-12-21-25(27(33)28(26(21)32)13-20-5-4-10-35-20)22(15-30)24(17)23(31)9-6-16(2)11-18-7-8-19(14-29)34-18/h4-5,7-8,10-11,21-23,25,29-31H,3,6,9,12-15H2,1-2H3/b16-11+/t21-,22+,23-,25-/m1/s1. The van der Waals surface area contributed by atoms with Gasteiger partial charge in [0.15, 0.2) is 0 Å². The predicted octanol–water partition coefficient (Wildman–Crippen LogP) is 3.90. The number of likely N-dealkylation sites (tertiary alicyclic amines) is 1. The molecule has 1 aliphatic heterocycles. The van der Waals surface area contributed by atoms with E-state index in [9.17, 15) is 19.8 Å². The fourth-order valence-electron chi connectivity index (χ4n) is 5.47. The monoisotopic (exact) mass is 499 g/mol. The summed E-state index contributed by atoms with van der Waals surface area (Å²) in [6, 6.07) is 7.31. The molecule has 0 bridgehead atoms. The molecule has 8 heteroatoms. The van der Waals surface area contributed by atoms with Crippen LogP contribution in [0.5, 0.6) is 0 Å². The first-order chi connectivity index (χ1) is 16.9. The van der Waals surface area contributed by atoms with Crippen molar-refractivity contribution in [2.45, 2.75) is 58.8 Å². The predicted molar refractivity (Wildman–Crippen MR) is 133 cm³/mol. The third kappa shape index (κ3) is 5.21. The molecule has 1 saturated heterocycles. The van der Waals surface area contributed by atoms with Crippen molar-refractivity contribution in [3.05, 3.63) is 62.8 Å². The molecule has 35 heavy (non-hydrogen) atoms. The molecule has 2 aromatic heterocycles. The summed E-state index contributed by atoms with van der Waals surface area (Å²) in [7, 11) is 0. The quantitative estimate of drug-likeness (QED) is 0.338. The molecule has 2 amide bonds. The zero-order chi connectivity index (χ0) is 25.1. The largest absolute Gasteiger partial charge is 0.459 e. The molecule has 1 aliphatic carbocycles. The topological polar surface area (TPSA) is 111 Å². The number of hydrogen-bond acceptors (Lipinski definition) is 7. The number of allylic oxidation sites excluding steroid dienone is 2. The van der Waals surface area contributed by atoms with E-state index in [4.69, 9.17) is 9.52 Å². The molecule has 7 nitrogen and oxygen atoms in total. The van der Waals surface area contributed by atoms with E-state index in [2.05, 4.69) is 0 Å². The van der Waals surface area contributed by atoms with Gasteiger partial charge in [0.25, 0.3) is 0 Å². The summed E-state index contributed by atoms with van der Waals surface area (Å²) in [4.78, 5) is 28.8. The molecule has 1 fully saturated rings. The minimum absolute atomic E-state index is 0.157. The maximum Gasteiger partial charge on any atom is 0.234 e. The van der Waals surface area contributed by atoms with Gasteiger partial charge in [-0.05, 0) is 67.8 Å². The smallest absolute Gasteiger partial charge is 0.234 e. The molecule has 3 N–H and O–H groups in total. The molecule has 3 heterocycles. The lowest BCUT2D eigenvalue weighted by Gasteiger charge is -2.36. The van der Waals surface area contributed by atoms with Crippen molar-refractivity contribution in [3.63, 3.8) is 0 Å². The van der Waals surface area contributed by atoms with Crippen LogP contribution in [-0.4, -0.2) is 44.7 Å². The highest BCUT2D eigenvalue weighted by molar-refractivity contribution is 7.09. The van der Waals surface area contributed by atoms with Gasteiger partial charge in [-0.25, -0.2) is 0 Å². The normalized spacial score (nSPS) is 23.9. The third-order valence-electron chi connectivity index (χ3n) is 7.19. The number of carbonyl (C=O) groups is 2. The maximum atomic E-state index is 13.4. The van der Waals surface area contributed by atoms with E-state index in [1.807, 2.05) is 37.4 Å². The second kappa shape index (κ2) is 11.0. The molecule has 2 aliphatic rings. The van der Waals surface area contributed by atoms with Crippen LogP contribution in [-0.2, 0) is 22.7 Å². The van der Waals surface area contributed by atoms with Crippen LogP contribution in [0.15, 0.2) is 50.8 Å². The summed E-state index contributed by atoms with van der Waals surface area (Å²) in [6.07, 6.45) is 3.20. The van der Waals surface area contributed by atoms with Crippen LogP contribution in [0.1, 0.15) is 55.9 Å². The van der Waals surface area contributed by atoms with Crippen molar-refractivity contribution >= 4 is 29.2 Å². The van der Waals surface area contributed by atoms with Gasteiger partial charge in [0.2, 0.25) is 11.8 Å². The molecule has 4 atom stereocenters. The Labute approximate surface area is 209 Å². The third-order valence-corrected chi connectivity index (χ3v) is 8.05. The first kappa shape index (κ1) is 25.6. The lowest BCUT2D eigenvalue weighted by Crippen LogP contribution is -2.39. The Bertz CT molecular complexity index is 1110. The SMILES string of the molecule is CCC1=C([C@H](O)CC/C(C)=C/c2ccc(CO)o2)[C@H](CO)[C@@H]2C(=O)N(Cc3cccs3)C(=O)[C@@H]2C1. The minimum atomic E-state index is -0.815. The van der Waals surface area contributed by atoms with Crippen LogP contribution in [0, 0.1) is 17.8 Å². The summed E-state index contributed by atoms with van der Waals surface area (Å²) in [6.45, 7) is 3.76. The highest BCUT2D eigenvalue weighted by Gasteiger charge is 2.54. The average molecular weight is 500 g/mol. The number of imide groups is 1. The van der Waals surface area contributed by atoms with Crippen LogP contribution in [0.3, 0.4) is 0 Å². The molecule has 4 rings (SSSR count). The minimum Gasteiger partial charge on any atom is -0.459 e. The second-order valence-corrected chi connectivity index (χ2v) is 10.4. The maximum absolute atomic E-state index is 13.4. The van der Waals surface area contributed by atoms with Crippen molar-refractivity contribution < 1.29 is 29.3 Å². The number of aliphatic hydroxyl groups is 3. The number of hydrogen-bond donors (Lipinski definition) is 3. The summed E-state index contributed by atoms with van der Waals surface area (Å²) in [5.74, 6) is -0.968. The molecule has 188 valence electrons. The van der Waals surface area contributed by atoms with Crippen LogP contribution < -0.4 is 0 Å². The number of furan rings is 1. The van der Waals surface area contributed by atoms with E-state index < -0.39 is 23.9 Å². The first-order valence-corrected chi connectivity index (χ1v) is 13.0. The number of rotatable bonds is 10. The Hall–Kier alpha value is -2.52. The number of carbonyl (C=O) groups excluding carboxylic acids is 2. The van der Waals surface area contributed by atoms with Gasteiger partial charge >= 0.3 is 0 Å². The molecule has 0 spiro atoms. The lowest BCUT2D eigenvalue weighted by atomic mass is 9.67. The van der Waals surface area contributed by atoms with Gasteiger partial charge in [-0.15, -0.1) is 11.3 Å². The number of thiophene rings is 1. The van der Waals surface area contributed by atoms with Crippen molar-refractivity contribution in [2.24, 2.45) is 17.8 Å². The Balaban J connectivity index is 1.51. The summed E-state index contributed by atoms with van der Waals surface area (Å²) in [5.41, 5.74) is 2.70. The van der Waals surface area contributed by atoms with Crippen molar-refractivity contribution in [3.8, 4) is 0 Å². The first-order valence-electron chi connectivity index (χ1n) is 12.1. The zero-order valence-corrected chi connectivity index (χ0v) is 21.0. The average Bonchev–Trinajstić information content (AvgIpc) is 3.59. The molecule has 0 radical (unpaired) electrons. The van der Waals surface area contributed by atoms with Gasteiger partial charge < -0.3 is 19.7 Å². The van der Waals surface area contributed by atoms with Crippen molar-refractivity contribution in [1.29, 1.82) is 0 Å². The summed E-state index contributed by atoms with van der Waals surface area (Å²) in [5, 5.41) is 32.6. The van der Waals surface area contributed by atoms with Crippen molar-refractivity contribution in [2.75, 3.05) is 6.61 Å². The van der Waals surface area contributed by atoms with Gasteiger partial charge in [0, 0.05) is 10.8 Å². The van der Waals surface area contributed by atoms with Gasteiger partial charge in [-0.1, -0.05) is 24.1 Å². The van der Waals surface area contributed by atoms with Gasteiger partial charge in [-0.2, -0.15) is 0 Å². The number of nitrogens with zero attached hydrogens (tertiary/aromatic N) is 1. The van der Waals surface area contributed by atoms with Crippen LogP contribution in [0.25, 0.3) is 6.08 Å². The Morgan fingerprint density at radius 1 is 1.26 bits per heavy atom. The van der Waals surface area contributed by atoms with Crippen molar-refractivity contribution in [1.82, 2.24) is 4.90 Å². The fraction of sp³-hybridized carbons (Fsp3) is 0.481. The Morgan fingerprint density at radius 2 is 2.06 bits per heavy atom. The molecular weight excluding hydrogens is 466 g/mol. The number of fused-ring (bicyclic) bond motifs is 1. The Morgan fingerprint density at radius 3 is 2.69 bits per heavy atom. The van der Waals surface area contributed by atoms with Gasteiger partial charge in [0.05, 0.1) is 31.1 Å². The second-order valence-electron chi connectivity index (χ2n) is 9.39. The van der Waals surface area contributed by atoms with Crippen LogP contribution in [0.2, 0.25) is 0 Å². The van der Waals surface area contributed by atoms with E-state index in [1.54, 1.807) is 12.1 Å². The molecule has 2 aromatic rings. The fourth-order valence-corrected chi connectivity index (χ4v) is 6.16. The number of aliphatic hydroxyl groups excluding tert-OH is 3. The van der Waals surface area contributed by atoms with E-state index in [1.165, 1.54) is 16.2 Å². The van der Waals surface area contributed by atoms with Gasteiger partial charge in [-0.3, -0.25) is 14.5 Å². The van der Waals surface area contributed by atoms with Gasteiger partial charge in [0.1, 0.15) is 18.1 Å². The lowest BCUT2D eigenvalue weighted by molar-refractivity contribution is -0.140. The zero-order valence-electron chi connectivity index (χ0n) is 20.1. The van der Waals surface area contributed by atoms with E-state index >= 15 is 0 Å². The summed E-state index contributed by atoms with van der Waals surface area (Å²) < 4.78 is 5.51. The van der Waals surface area contributed by atoms with Crippen LogP contribution in [0.4, 0.5) is 0 Å². The molecule has 0 saturated carbocycles. The molecular formula is C27H33NO6S. The summed E-state index contributed by atoms with van der Waals surface area (Å²) >= 11 is 1.51. The molecule has 0 aromatic carbocycles. The van der Waals surface area contributed by atoms with E-state index in [0.717, 1.165) is 21.6 Å².